The first-order chi connectivity index (χ1) is 17.0. The van der Waals surface area contributed by atoms with Gasteiger partial charge < -0.3 is 19.2 Å². The van der Waals surface area contributed by atoms with Gasteiger partial charge in [0.25, 0.3) is 0 Å². The molecule has 35 heavy (non-hydrogen) atoms. The molecule has 5 heteroatoms. The molecule has 2 saturated carbocycles. The zero-order valence-corrected chi connectivity index (χ0v) is 21.0. The number of carboxylic acids is 1. The summed E-state index contributed by atoms with van der Waals surface area (Å²) in [5.74, 6) is -0.882. The van der Waals surface area contributed by atoms with Crippen LogP contribution in [0.2, 0.25) is 0 Å². The number of carboxylic acid groups (broad SMARTS) is 1. The number of rotatable bonds is 4. The first-order valence-corrected chi connectivity index (χ1v) is 13.6. The Morgan fingerprint density at radius 1 is 0.857 bits per heavy atom. The first-order valence-electron chi connectivity index (χ1n) is 13.6. The van der Waals surface area contributed by atoms with Crippen LogP contribution in [-0.4, -0.2) is 66.0 Å². The van der Waals surface area contributed by atoms with Gasteiger partial charge in [0.1, 0.15) is 0 Å². The highest BCUT2D eigenvalue weighted by Gasteiger charge is 2.87. The SMILES string of the molecule is CO[C@H]1CC[C@]2(CC1)C1(CCCCC1)[N+]21CCN(c2ccc(-c3ccc(C(=O)O)cc3)cc2)CC1. The fourth-order valence-corrected chi connectivity index (χ4v) is 8.72. The largest absolute Gasteiger partial charge is 0.478 e. The number of nitrogens with zero attached hydrogens (tertiary/aromatic N) is 2. The van der Waals surface area contributed by atoms with Gasteiger partial charge in [0, 0.05) is 38.5 Å². The lowest BCUT2D eigenvalue weighted by Crippen LogP contribution is -2.54. The number of quaternary nitrogens is 1. The molecule has 5 nitrogen and oxygen atoms in total. The fourth-order valence-electron chi connectivity index (χ4n) is 8.72. The predicted molar refractivity (Wildman–Crippen MR) is 139 cm³/mol. The van der Waals surface area contributed by atoms with Gasteiger partial charge in [-0.1, -0.05) is 30.7 Å². The van der Waals surface area contributed by atoms with Crippen molar-refractivity contribution >= 4 is 11.7 Å². The van der Waals surface area contributed by atoms with Crippen molar-refractivity contribution in [2.45, 2.75) is 75.0 Å². The molecule has 0 bridgehead atoms. The van der Waals surface area contributed by atoms with Crippen molar-refractivity contribution in [1.29, 1.82) is 0 Å². The van der Waals surface area contributed by atoms with Gasteiger partial charge in [0.2, 0.25) is 0 Å². The van der Waals surface area contributed by atoms with Crippen LogP contribution in [0.15, 0.2) is 48.5 Å². The number of methoxy groups -OCH3 is 1. The number of carbonyl (C=O) groups is 1. The molecule has 3 spiro atoms. The minimum absolute atomic E-state index is 0.329. The molecule has 186 valence electrons. The Morgan fingerprint density at radius 2 is 1.40 bits per heavy atom. The van der Waals surface area contributed by atoms with E-state index in [0.29, 0.717) is 22.7 Å². The van der Waals surface area contributed by atoms with Crippen molar-refractivity contribution in [2.75, 3.05) is 38.2 Å². The number of piperazine rings is 1. The van der Waals surface area contributed by atoms with Crippen molar-refractivity contribution in [2.24, 2.45) is 0 Å². The molecule has 2 aliphatic carbocycles. The van der Waals surface area contributed by atoms with E-state index in [1.807, 2.05) is 19.2 Å². The van der Waals surface area contributed by atoms with Crippen LogP contribution in [0.25, 0.3) is 11.1 Å². The van der Waals surface area contributed by atoms with E-state index < -0.39 is 5.97 Å². The summed E-state index contributed by atoms with van der Waals surface area (Å²) in [6, 6.07) is 16.0. The summed E-state index contributed by atoms with van der Waals surface area (Å²) in [6.07, 6.45) is 12.9. The number of benzene rings is 2. The minimum Gasteiger partial charge on any atom is -0.478 e. The van der Waals surface area contributed by atoms with Crippen LogP contribution in [0.5, 0.6) is 0 Å². The molecular formula is C30H39N2O3+. The van der Waals surface area contributed by atoms with Gasteiger partial charge in [0.15, 0.2) is 11.1 Å². The van der Waals surface area contributed by atoms with E-state index in [9.17, 15) is 4.79 Å². The molecule has 0 unspecified atom stereocenters. The van der Waals surface area contributed by atoms with E-state index in [-0.39, 0.29) is 0 Å². The second-order valence-electron chi connectivity index (χ2n) is 11.4. The van der Waals surface area contributed by atoms with Crippen LogP contribution in [0, 0.1) is 0 Å². The topological polar surface area (TPSA) is 49.8 Å². The summed E-state index contributed by atoms with van der Waals surface area (Å²) >= 11 is 0. The van der Waals surface area contributed by atoms with Crippen LogP contribution < -0.4 is 4.90 Å². The molecule has 0 atom stereocenters. The van der Waals surface area contributed by atoms with E-state index in [2.05, 4.69) is 29.2 Å². The number of aromatic carboxylic acids is 1. The van der Waals surface area contributed by atoms with Crippen LogP contribution in [0.1, 0.15) is 68.1 Å². The lowest BCUT2D eigenvalue weighted by atomic mass is 9.73. The van der Waals surface area contributed by atoms with Gasteiger partial charge in [-0.15, -0.1) is 0 Å². The summed E-state index contributed by atoms with van der Waals surface area (Å²) in [4.78, 5) is 13.7. The van der Waals surface area contributed by atoms with E-state index >= 15 is 0 Å². The molecule has 2 aromatic carbocycles. The lowest BCUT2D eigenvalue weighted by Gasteiger charge is -2.40. The number of anilines is 1. The maximum atomic E-state index is 11.1. The summed E-state index contributed by atoms with van der Waals surface area (Å²) in [5, 5.41) is 9.14. The molecule has 4 aliphatic rings. The monoisotopic (exact) mass is 475 g/mol. The number of fused-ring (bicyclic) bond motifs is 3. The van der Waals surface area contributed by atoms with Gasteiger partial charge in [-0.05, 0) is 61.1 Å². The highest BCUT2D eigenvalue weighted by molar-refractivity contribution is 5.88. The van der Waals surface area contributed by atoms with E-state index in [1.165, 1.54) is 81.0 Å². The highest BCUT2D eigenvalue weighted by atomic mass is 16.5. The maximum Gasteiger partial charge on any atom is 0.335 e. The smallest absolute Gasteiger partial charge is 0.335 e. The Morgan fingerprint density at radius 3 is 1.94 bits per heavy atom. The van der Waals surface area contributed by atoms with Crippen molar-refractivity contribution in [3.8, 4) is 11.1 Å². The number of hydrogen-bond acceptors (Lipinski definition) is 3. The van der Waals surface area contributed by atoms with Crippen molar-refractivity contribution in [3.63, 3.8) is 0 Å². The zero-order chi connectivity index (χ0) is 24.1. The average molecular weight is 476 g/mol. The third kappa shape index (κ3) is 3.38. The van der Waals surface area contributed by atoms with E-state index in [1.54, 1.807) is 12.1 Å². The standard InChI is InChI=1S/C30H38N2O3/c1-35-27-13-17-30(18-14-27)29(15-3-2-4-16-29)32(30)21-19-31(20-22-32)26-11-9-24(10-12-26)23-5-7-25(8-6-23)28(33)34/h5-12,27H,2-4,13-22H2,1H3/p+1/t27-,30-. The number of hydrogen-bond donors (Lipinski definition) is 1. The molecule has 1 N–H and O–H groups in total. The molecule has 6 rings (SSSR count). The fraction of sp³-hybridized carbons (Fsp3) is 0.567. The highest BCUT2D eigenvalue weighted by Crippen LogP contribution is 2.71. The zero-order valence-electron chi connectivity index (χ0n) is 21.0. The van der Waals surface area contributed by atoms with E-state index in [0.717, 1.165) is 24.2 Å². The van der Waals surface area contributed by atoms with Gasteiger partial charge in [-0.25, -0.2) is 4.79 Å². The lowest BCUT2D eigenvalue weighted by molar-refractivity contribution is -0.858. The van der Waals surface area contributed by atoms with E-state index in [4.69, 9.17) is 9.84 Å². The van der Waals surface area contributed by atoms with Crippen LogP contribution in [0.3, 0.4) is 0 Å². The Bertz CT molecular complexity index is 1060. The van der Waals surface area contributed by atoms with Gasteiger partial charge in [-0.2, -0.15) is 0 Å². The quantitative estimate of drug-likeness (QED) is 0.453. The summed E-state index contributed by atoms with van der Waals surface area (Å²) < 4.78 is 7.16. The summed E-state index contributed by atoms with van der Waals surface area (Å²) in [6.45, 7) is 4.86. The number of ether oxygens (including phenoxy) is 1. The van der Waals surface area contributed by atoms with Crippen LogP contribution >= 0.6 is 0 Å². The Balaban J connectivity index is 1.16. The molecule has 4 fully saturated rings. The predicted octanol–water partition coefficient (Wildman–Crippen LogP) is 5.73. The molecular weight excluding hydrogens is 436 g/mol. The Hall–Kier alpha value is -2.37. The van der Waals surface area contributed by atoms with Crippen molar-refractivity contribution in [3.05, 3.63) is 54.1 Å². The summed E-state index contributed by atoms with van der Waals surface area (Å²) in [5.41, 5.74) is 4.91. The third-order valence-electron chi connectivity index (χ3n) is 10.4. The first kappa shape index (κ1) is 23.1. The van der Waals surface area contributed by atoms with Crippen LogP contribution in [0.4, 0.5) is 5.69 Å². The maximum absolute atomic E-state index is 11.1. The Kier molecular flexibility index (Phi) is 5.69. The Labute approximate surface area is 209 Å². The third-order valence-corrected chi connectivity index (χ3v) is 10.4. The van der Waals surface area contributed by atoms with Crippen molar-refractivity contribution < 1.29 is 19.1 Å². The van der Waals surface area contributed by atoms with Gasteiger partial charge in [0.05, 0.1) is 37.8 Å². The minimum atomic E-state index is -0.882. The summed E-state index contributed by atoms with van der Waals surface area (Å²) in [7, 11) is 1.89. The van der Waals surface area contributed by atoms with Gasteiger partial charge >= 0.3 is 5.97 Å². The molecule has 0 amide bonds. The van der Waals surface area contributed by atoms with Crippen LogP contribution in [-0.2, 0) is 4.74 Å². The second kappa shape index (κ2) is 8.63. The van der Waals surface area contributed by atoms with Gasteiger partial charge in [-0.3, -0.25) is 0 Å². The molecule has 2 saturated heterocycles. The molecule has 2 aliphatic heterocycles. The molecule has 0 aromatic heterocycles. The molecule has 0 radical (unpaired) electrons. The molecule has 2 aromatic rings. The average Bonchev–Trinajstić information content (AvgIpc) is 3.34. The van der Waals surface area contributed by atoms with Crippen molar-refractivity contribution in [1.82, 2.24) is 0 Å². The normalized spacial score (nSPS) is 28.9. The second-order valence-corrected chi connectivity index (χ2v) is 11.4. The molecule has 2 heterocycles.